The summed E-state index contributed by atoms with van der Waals surface area (Å²) in [4.78, 5) is 8.29. The van der Waals surface area contributed by atoms with E-state index in [-0.39, 0.29) is 17.5 Å². The molecule has 1 aromatic carbocycles. The lowest BCUT2D eigenvalue weighted by atomic mass is 10.2. The Labute approximate surface area is 123 Å². The summed E-state index contributed by atoms with van der Waals surface area (Å²) in [6.07, 6.45) is 2.07. The van der Waals surface area contributed by atoms with Gasteiger partial charge in [-0.3, -0.25) is 0 Å². The highest BCUT2D eigenvalue weighted by atomic mass is 32.2. The Balaban J connectivity index is 1.69. The molecule has 1 aromatic heterocycles. The summed E-state index contributed by atoms with van der Waals surface area (Å²) < 4.78 is 22.9. The molecule has 0 spiro atoms. The topological polar surface area (TPSA) is 84.0 Å². The highest BCUT2D eigenvalue weighted by molar-refractivity contribution is 7.91. The van der Waals surface area contributed by atoms with E-state index in [0.29, 0.717) is 18.1 Å². The quantitative estimate of drug-likeness (QED) is 0.896. The average Bonchev–Trinajstić information content (AvgIpc) is 2.79. The second-order valence-corrected chi connectivity index (χ2v) is 7.25. The third-order valence-electron chi connectivity index (χ3n) is 3.30. The van der Waals surface area contributed by atoms with Crippen molar-refractivity contribution in [2.24, 2.45) is 0 Å². The maximum absolute atomic E-state index is 11.5. The number of sulfone groups is 1. The fourth-order valence-corrected chi connectivity index (χ4v) is 3.97. The number of aromatic nitrogens is 2. The highest BCUT2D eigenvalue weighted by Crippen LogP contribution is 2.19. The summed E-state index contributed by atoms with van der Waals surface area (Å²) >= 11 is 0. The van der Waals surface area contributed by atoms with Crippen LogP contribution in [0.4, 0.5) is 17.3 Å². The largest absolute Gasteiger partial charge is 0.366 e. The Morgan fingerprint density at radius 1 is 1.10 bits per heavy atom. The molecular formula is C14H16N4O2S. The van der Waals surface area contributed by atoms with Gasteiger partial charge in [0, 0.05) is 17.8 Å². The van der Waals surface area contributed by atoms with E-state index in [1.165, 1.54) is 6.33 Å². The van der Waals surface area contributed by atoms with Crippen molar-refractivity contribution in [1.82, 2.24) is 9.97 Å². The Morgan fingerprint density at radius 2 is 1.86 bits per heavy atom. The molecule has 1 unspecified atom stereocenters. The molecule has 21 heavy (non-hydrogen) atoms. The second-order valence-electron chi connectivity index (χ2n) is 5.02. The van der Waals surface area contributed by atoms with Gasteiger partial charge in [0.25, 0.3) is 0 Å². The van der Waals surface area contributed by atoms with E-state index in [9.17, 15) is 8.42 Å². The van der Waals surface area contributed by atoms with Crippen molar-refractivity contribution in [1.29, 1.82) is 0 Å². The predicted molar refractivity (Wildman–Crippen MR) is 82.4 cm³/mol. The van der Waals surface area contributed by atoms with Crippen molar-refractivity contribution in [3.63, 3.8) is 0 Å². The molecule has 2 aromatic rings. The number of nitrogens with one attached hydrogen (secondary N) is 2. The van der Waals surface area contributed by atoms with Crippen molar-refractivity contribution in [2.75, 3.05) is 22.1 Å². The fourth-order valence-electron chi connectivity index (χ4n) is 2.29. The van der Waals surface area contributed by atoms with Gasteiger partial charge in [-0.1, -0.05) is 18.2 Å². The number of rotatable bonds is 4. The van der Waals surface area contributed by atoms with Crippen LogP contribution in [0, 0.1) is 0 Å². The van der Waals surface area contributed by atoms with Gasteiger partial charge in [-0.15, -0.1) is 0 Å². The molecule has 1 saturated heterocycles. The third-order valence-corrected chi connectivity index (χ3v) is 5.07. The summed E-state index contributed by atoms with van der Waals surface area (Å²) in [6, 6.07) is 11.4. The van der Waals surface area contributed by atoms with E-state index in [4.69, 9.17) is 0 Å². The van der Waals surface area contributed by atoms with E-state index in [1.807, 2.05) is 30.3 Å². The first-order valence-electron chi connectivity index (χ1n) is 6.72. The predicted octanol–water partition coefficient (Wildman–Crippen LogP) is 1.82. The summed E-state index contributed by atoms with van der Waals surface area (Å²) in [5, 5.41) is 6.33. The van der Waals surface area contributed by atoms with Crippen molar-refractivity contribution in [3.05, 3.63) is 42.7 Å². The summed E-state index contributed by atoms with van der Waals surface area (Å²) in [5.74, 6) is 1.70. The van der Waals surface area contributed by atoms with Gasteiger partial charge in [-0.2, -0.15) is 0 Å². The third kappa shape index (κ3) is 3.69. The molecule has 7 heteroatoms. The van der Waals surface area contributed by atoms with Crippen molar-refractivity contribution < 1.29 is 8.42 Å². The lowest BCUT2D eigenvalue weighted by Gasteiger charge is -2.12. The van der Waals surface area contributed by atoms with Crippen LogP contribution in [-0.4, -0.2) is 35.9 Å². The normalized spacial score (nSPS) is 20.1. The Hall–Kier alpha value is -2.15. The molecule has 0 radical (unpaired) electrons. The number of para-hydroxylation sites is 1. The molecule has 1 aliphatic heterocycles. The molecule has 1 fully saturated rings. The number of benzene rings is 1. The van der Waals surface area contributed by atoms with Gasteiger partial charge in [0.1, 0.15) is 18.0 Å². The van der Waals surface area contributed by atoms with E-state index in [2.05, 4.69) is 20.6 Å². The molecule has 2 N–H and O–H groups in total. The smallest absolute Gasteiger partial charge is 0.152 e. The maximum atomic E-state index is 11.5. The molecule has 110 valence electrons. The van der Waals surface area contributed by atoms with Gasteiger partial charge in [-0.05, 0) is 18.6 Å². The van der Waals surface area contributed by atoms with E-state index < -0.39 is 9.84 Å². The maximum Gasteiger partial charge on any atom is 0.152 e. The first-order chi connectivity index (χ1) is 10.1. The van der Waals surface area contributed by atoms with E-state index in [1.54, 1.807) is 6.07 Å². The first kappa shape index (κ1) is 13.8. The minimum atomic E-state index is -2.90. The number of hydrogen-bond donors (Lipinski definition) is 2. The zero-order valence-corrected chi connectivity index (χ0v) is 12.2. The van der Waals surface area contributed by atoms with E-state index in [0.717, 1.165) is 5.69 Å². The van der Waals surface area contributed by atoms with Crippen LogP contribution in [0.1, 0.15) is 6.42 Å². The van der Waals surface area contributed by atoms with Crippen LogP contribution in [0.2, 0.25) is 0 Å². The summed E-state index contributed by atoms with van der Waals surface area (Å²) in [6.45, 7) is 0. The molecule has 1 atom stereocenters. The average molecular weight is 304 g/mol. The number of hydrogen-bond acceptors (Lipinski definition) is 6. The van der Waals surface area contributed by atoms with Gasteiger partial charge in [0.15, 0.2) is 9.84 Å². The molecule has 0 amide bonds. The van der Waals surface area contributed by atoms with Gasteiger partial charge >= 0.3 is 0 Å². The van der Waals surface area contributed by atoms with Crippen molar-refractivity contribution in [3.8, 4) is 0 Å². The molecule has 0 aliphatic carbocycles. The molecule has 3 rings (SSSR count). The molecule has 0 saturated carbocycles. The van der Waals surface area contributed by atoms with Crippen molar-refractivity contribution in [2.45, 2.75) is 12.5 Å². The van der Waals surface area contributed by atoms with Crippen LogP contribution >= 0.6 is 0 Å². The highest BCUT2D eigenvalue weighted by Gasteiger charge is 2.27. The van der Waals surface area contributed by atoms with Crippen LogP contribution in [0.5, 0.6) is 0 Å². The van der Waals surface area contributed by atoms with Gasteiger partial charge < -0.3 is 10.6 Å². The first-order valence-corrected chi connectivity index (χ1v) is 8.54. The molecule has 1 aliphatic rings. The fraction of sp³-hybridized carbons (Fsp3) is 0.286. The zero-order valence-electron chi connectivity index (χ0n) is 11.4. The van der Waals surface area contributed by atoms with Crippen LogP contribution < -0.4 is 10.6 Å². The zero-order chi connectivity index (χ0) is 14.7. The van der Waals surface area contributed by atoms with Gasteiger partial charge in [-0.25, -0.2) is 18.4 Å². The number of nitrogens with zero attached hydrogens (tertiary/aromatic N) is 2. The SMILES string of the molecule is O=S1(=O)CCC(Nc2cc(Nc3ccccc3)ncn2)C1. The second kappa shape index (κ2) is 5.69. The van der Waals surface area contributed by atoms with E-state index >= 15 is 0 Å². The summed E-state index contributed by atoms with van der Waals surface area (Å²) in [7, 11) is -2.90. The molecule has 2 heterocycles. The minimum Gasteiger partial charge on any atom is -0.366 e. The molecule has 0 bridgehead atoms. The van der Waals surface area contributed by atoms with Gasteiger partial charge in [0.05, 0.1) is 11.5 Å². The monoisotopic (exact) mass is 304 g/mol. The van der Waals surface area contributed by atoms with Crippen LogP contribution in [-0.2, 0) is 9.84 Å². The minimum absolute atomic E-state index is 0.0746. The number of anilines is 3. The summed E-state index contributed by atoms with van der Waals surface area (Å²) in [5.41, 5.74) is 0.936. The Bertz CT molecular complexity index is 719. The van der Waals surface area contributed by atoms with Crippen LogP contribution in [0.25, 0.3) is 0 Å². The standard InChI is InChI=1S/C14H16N4O2S/c19-21(20)7-6-12(9-21)18-14-8-13(15-10-16-14)17-11-4-2-1-3-5-11/h1-5,8,10,12H,6-7,9H2,(H2,15,16,17,18). The lowest BCUT2D eigenvalue weighted by molar-refractivity contribution is 0.602. The lowest BCUT2D eigenvalue weighted by Crippen LogP contribution is -2.21. The Kier molecular flexibility index (Phi) is 3.74. The van der Waals surface area contributed by atoms with Crippen molar-refractivity contribution >= 4 is 27.2 Å². The molecular weight excluding hydrogens is 288 g/mol. The Morgan fingerprint density at radius 3 is 2.57 bits per heavy atom. The van der Waals surface area contributed by atoms with Gasteiger partial charge in [0.2, 0.25) is 0 Å². The molecule has 6 nitrogen and oxygen atoms in total. The van der Waals surface area contributed by atoms with Crippen LogP contribution in [0.15, 0.2) is 42.7 Å². The van der Waals surface area contributed by atoms with Crippen LogP contribution in [0.3, 0.4) is 0 Å².